The third-order valence-electron chi connectivity index (χ3n) is 5.34. The van der Waals surface area contributed by atoms with Crippen molar-refractivity contribution >= 4 is 15.7 Å². The van der Waals surface area contributed by atoms with Crippen molar-refractivity contribution in [3.63, 3.8) is 0 Å². The SMILES string of the molecule is CCC(C)c1cc(S(=O)(=O)N2CCN(c3ccccc3)CC2)ccc1OC. The molecule has 1 fully saturated rings. The van der Waals surface area contributed by atoms with Gasteiger partial charge in [-0.05, 0) is 48.2 Å². The molecule has 0 amide bonds. The molecule has 2 aromatic rings. The zero-order valence-electron chi connectivity index (χ0n) is 16.3. The van der Waals surface area contributed by atoms with E-state index in [0.717, 1.165) is 23.4 Å². The Morgan fingerprint density at radius 1 is 1.04 bits per heavy atom. The van der Waals surface area contributed by atoms with E-state index in [0.29, 0.717) is 31.1 Å². The second-order valence-corrected chi connectivity index (χ2v) is 8.88. The zero-order valence-corrected chi connectivity index (χ0v) is 17.1. The fraction of sp³-hybridized carbons (Fsp3) is 0.429. The molecule has 1 unspecified atom stereocenters. The molecule has 1 aliphatic heterocycles. The van der Waals surface area contributed by atoms with E-state index in [2.05, 4.69) is 30.9 Å². The second-order valence-electron chi connectivity index (χ2n) is 6.94. The molecule has 0 saturated carbocycles. The molecule has 1 aliphatic rings. The van der Waals surface area contributed by atoms with Gasteiger partial charge in [0.15, 0.2) is 0 Å². The number of hydrogen-bond donors (Lipinski definition) is 0. The Bertz CT molecular complexity index is 860. The molecule has 0 spiro atoms. The summed E-state index contributed by atoms with van der Waals surface area (Å²) in [6, 6.07) is 15.3. The molecule has 0 aromatic heterocycles. The summed E-state index contributed by atoms with van der Waals surface area (Å²) in [5.41, 5.74) is 2.09. The van der Waals surface area contributed by atoms with E-state index in [1.807, 2.05) is 18.2 Å². The van der Waals surface area contributed by atoms with Crippen LogP contribution < -0.4 is 9.64 Å². The lowest BCUT2D eigenvalue weighted by molar-refractivity contribution is 0.384. The van der Waals surface area contributed by atoms with E-state index >= 15 is 0 Å². The minimum Gasteiger partial charge on any atom is -0.496 e. The van der Waals surface area contributed by atoms with E-state index in [1.54, 1.807) is 29.6 Å². The van der Waals surface area contributed by atoms with E-state index in [1.165, 1.54) is 0 Å². The molecule has 146 valence electrons. The fourth-order valence-electron chi connectivity index (χ4n) is 3.45. The lowest BCUT2D eigenvalue weighted by Crippen LogP contribution is -2.48. The molecule has 1 saturated heterocycles. The number of methoxy groups -OCH3 is 1. The monoisotopic (exact) mass is 388 g/mol. The van der Waals surface area contributed by atoms with Crippen LogP contribution in [-0.4, -0.2) is 46.0 Å². The van der Waals surface area contributed by atoms with Gasteiger partial charge in [-0.2, -0.15) is 4.31 Å². The van der Waals surface area contributed by atoms with Crippen molar-refractivity contribution in [1.29, 1.82) is 0 Å². The first kappa shape index (κ1) is 19.7. The molecule has 0 radical (unpaired) electrons. The van der Waals surface area contributed by atoms with Crippen LogP contribution in [0.5, 0.6) is 5.75 Å². The molecular formula is C21H28N2O3S. The lowest BCUT2D eigenvalue weighted by Gasteiger charge is -2.35. The Balaban J connectivity index is 1.79. The minimum atomic E-state index is -3.51. The van der Waals surface area contributed by atoms with Crippen molar-refractivity contribution in [3.05, 3.63) is 54.1 Å². The second kappa shape index (κ2) is 8.31. The van der Waals surface area contributed by atoms with Gasteiger partial charge in [-0.1, -0.05) is 32.0 Å². The number of ether oxygens (including phenoxy) is 1. The maximum Gasteiger partial charge on any atom is 0.243 e. The number of piperazine rings is 1. The number of para-hydroxylation sites is 1. The standard InChI is InChI=1S/C21H28N2O3S/c1-4-17(2)20-16-19(10-11-21(20)26-3)27(24,25)23-14-12-22(13-15-23)18-8-6-5-7-9-18/h5-11,16-17H,4,12-15H2,1-3H3. The van der Waals surface area contributed by atoms with Crippen LogP contribution in [0.1, 0.15) is 31.7 Å². The summed E-state index contributed by atoms with van der Waals surface area (Å²) in [5.74, 6) is 0.988. The molecule has 0 bridgehead atoms. The lowest BCUT2D eigenvalue weighted by atomic mass is 9.98. The van der Waals surface area contributed by atoms with Gasteiger partial charge in [0, 0.05) is 31.9 Å². The number of nitrogens with zero attached hydrogens (tertiary/aromatic N) is 2. The molecule has 0 aliphatic carbocycles. The number of rotatable bonds is 6. The number of anilines is 1. The van der Waals surface area contributed by atoms with Crippen LogP contribution >= 0.6 is 0 Å². The van der Waals surface area contributed by atoms with Crippen LogP contribution in [0.25, 0.3) is 0 Å². The average molecular weight is 389 g/mol. The maximum absolute atomic E-state index is 13.2. The van der Waals surface area contributed by atoms with E-state index in [4.69, 9.17) is 4.74 Å². The Morgan fingerprint density at radius 2 is 1.70 bits per heavy atom. The van der Waals surface area contributed by atoms with Gasteiger partial charge in [-0.25, -0.2) is 8.42 Å². The summed E-state index contributed by atoms with van der Waals surface area (Å²) in [6.45, 7) is 6.54. The van der Waals surface area contributed by atoms with Crippen molar-refractivity contribution in [1.82, 2.24) is 4.31 Å². The normalized spacial score (nSPS) is 16.9. The van der Waals surface area contributed by atoms with Gasteiger partial charge in [-0.3, -0.25) is 0 Å². The van der Waals surface area contributed by atoms with Crippen LogP contribution in [0.3, 0.4) is 0 Å². The van der Waals surface area contributed by atoms with Gasteiger partial charge in [0.05, 0.1) is 12.0 Å². The van der Waals surface area contributed by atoms with E-state index < -0.39 is 10.0 Å². The van der Waals surface area contributed by atoms with Gasteiger partial charge < -0.3 is 9.64 Å². The Morgan fingerprint density at radius 3 is 2.30 bits per heavy atom. The highest BCUT2D eigenvalue weighted by atomic mass is 32.2. The quantitative estimate of drug-likeness (QED) is 0.757. The minimum absolute atomic E-state index is 0.241. The summed E-state index contributed by atoms with van der Waals surface area (Å²) in [6.07, 6.45) is 0.926. The first-order valence-corrected chi connectivity index (χ1v) is 10.9. The molecular weight excluding hydrogens is 360 g/mol. The van der Waals surface area contributed by atoms with Crippen molar-refractivity contribution in [3.8, 4) is 5.75 Å². The molecule has 0 N–H and O–H groups in total. The van der Waals surface area contributed by atoms with Crippen molar-refractivity contribution in [2.45, 2.75) is 31.1 Å². The van der Waals surface area contributed by atoms with Crippen LogP contribution in [0.4, 0.5) is 5.69 Å². The molecule has 5 nitrogen and oxygen atoms in total. The van der Waals surface area contributed by atoms with Gasteiger partial charge >= 0.3 is 0 Å². The van der Waals surface area contributed by atoms with Gasteiger partial charge in [-0.15, -0.1) is 0 Å². The van der Waals surface area contributed by atoms with Gasteiger partial charge in [0.1, 0.15) is 5.75 Å². The topological polar surface area (TPSA) is 49.9 Å². The highest BCUT2D eigenvalue weighted by molar-refractivity contribution is 7.89. The molecule has 2 aromatic carbocycles. The molecule has 6 heteroatoms. The summed E-state index contributed by atoms with van der Waals surface area (Å²) >= 11 is 0. The van der Waals surface area contributed by atoms with E-state index in [-0.39, 0.29) is 5.92 Å². The molecule has 27 heavy (non-hydrogen) atoms. The maximum atomic E-state index is 13.2. The smallest absolute Gasteiger partial charge is 0.243 e. The van der Waals surface area contributed by atoms with Crippen LogP contribution in [0, 0.1) is 0 Å². The Labute approximate surface area is 162 Å². The third-order valence-corrected chi connectivity index (χ3v) is 7.24. The van der Waals surface area contributed by atoms with Gasteiger partial charge in [0.2, 0.25) is 10.0 Å². The van der Waals surface area contributed by atoms with Crippen molar-refractivity contribution in [2.75, 3.05) is 38.2 Å². The summed E-state index contributed by atoms with van der Waals surface area (Å²) in [4.78, 5) is 2.58. The molecule has 1 heterocycles. The summed E-state index contributed by atoms with van der Waals surface area (Å²) in [7, 11) is -1.88. The predicted molar refractivity (Wildman–Crippen MR) is 109 cm³/mol. The first-order valence-electron chi connectivity index (χ1n) is 9.45. The summed E-state index contributed by atoms with van der Waals surface area (Å²) in [5, 5.41) is 0. The van der Waals surface area contributed by atoms with Crippen LogP contribution in [0.2, 0.25) is 0 Å². The number of sulfonamides is 1. The zero-order chi connectivity index (χ0) is 19.4. The molecule has 3 rings (SSSR count). The highest BCUT2D eigenvalue weighted by Gasteiger charge is 2.29. The Kier molecular flexibility index (Phi) is 6.07. The summed E-state index contributed by atoms with van der Waals surface area (Å²) < 4.78 is 33.3. The van der Waals surface area contributed by atoms with Crippen LogP contribution in [-0.2, 0) is 10.0 Å². The van der Waals surface area contributed by atoms with Crippen LogP contribution in [0.15, 0.2) is 53.4 Å². The Hall–Kier alpha value is -2.05. The predicted octanol–water partition coefficient (Wildman–Crippen LogP) is 3.72. The fourth-order valence-corrected chi connectivity index (χ4v) is 4.91. The van der Waals surface area contributed by atoms with E-state index in [9.17, 15) is 8.42 Å². The first-order chi connectivity index (χ1) is 13.0. The van der Waals surface area contributed by atoms with Crippen molar-refractivity contribution in [2.24, 2.45) is 0 Å². The highest BCUT2D eigenvalue weighted by Crippen LogP contribution is 2.32. The van der Waals surface area contributed by atoms with Gasteiger partial charge in [0.25, 0.3) is 0 Å². The number of hydrogen-bond acceptors (Lipinski definition) is 4. The third kappa shape index (κ3) is 4.12. The van der Waals surface area contributed by atoms with Crippen molar-refractivity contribution < 1.29 is 13.2 Å². The number of benzene rings is 2. The molecule has 1 atom stereocenters. The average Bonchev–Trinajstić information content (AvgIpc) is 2.73. The largest absolute Gasteiger partial charge is 0.496 e.